The Kier molecular flexibility index (Phi) is 5.20. The zero-order valence-corrected chi connectivity index (χ0v) is 17.2. The van der Waals surface area contributed by atoms with Crippen molar-refractivity contribution < 1.29 is 13.2 Å². The zero-order valence-electron chi connectivity index (χ0n) is 16.4. The molecular formula is C21H22N4O3S. The second kappa shape index (κ2) is 7.33. The largest absolute Gasteiger partial charge is 0.346 e. The Balaban J connectivity index is 2.15. The summed E-state index contributed by atoms with van der Waals surface area (Å²) in [6.07, 6.45) is 0. The Morgan fingerprint density at radius 3 is 2.48 bits per heavy atom. The molecular weight excluding hydrogens is 388 g/mol. The Bertz CT molecular complexity index is 1120. The van der Waals surface area contributed by atoms with Gasteiger partial charge in [0.15, 0.2) is 15.8 Å². The Hall–Kier alpha value is -3.18. The van der Waals surface area contributed by atoms with Gasteiger partial charge in [-0.25, -0.2) is 8.42 Å². The van der Waals surface area contributed by atoms with Gasteiger partial charge in [-0.2, -0.15) is 5.26 Å². The fourth-order valence-corrected chi connectivity index (χ4v) is 4.50. The van der Waals surface area contributed by atoms with Crippen molar-refractivity contribution in [1.29, 1.82) is 10.7 Å². The lowest BCUT2D eigenvalue weighted by Gasteiger charge is -2.46. The molecule has 1 amide bonds. The minimum atomic E-state index is -3.35. The van der Waals surface area contributed by atoms with Gasteiger partial charge in [0.25, 0.3) is 0 Å². The van der Waals surface area contributed by atoms with Crippen LogP contribution in [0.1, 0.15) is 36.5 Å². The predicted octanol–water partition coefficient (Wildman–Crippen LogP) is 2.35. The molecule has 7 nitrogen and oxygen atoms in total. The maximum atomic E-state index is 13.2. The van der Waals surface area contributed by atoms with E-state index >= 15 is 0 Å². The van der Waals surface area contributed by atoms with Gasteiger partial charge < -0.3 is 5.32 Å². The summed E-state index contributed by atoms with van der Waals surface area (Å²) in [4.78, 5) is 14.6. The van der Waals surface area contributed by atoms with Crippen LogP contribution in [0.5, 0.6) is 0 Å². The SMILES string of the molecule is CCS(=O)(=O)c1ccc([C@H]2C(=O)N(C)C(=N)N[C@]2(C)c2cccc(C#N)c2)cc1. The number of nitrogens with zero attached hydrogens (tertiary/aromatic N) is 2. The van der Waals surface area contributed by atoms with Crippen molar-refractivity contribution in [2.24, 2.45) is 0 Å². The summed E-state index contributed by atoms with van der Waals surface area (Å²) < 4.78 is 24.2. The Morgan fingerprint density at radius 1 is 1.24 bits per heavy atom. The Labute approximate surface area is 170 Å². The molecule has 1 heterocycles. The average Bonchev–Trinajstić information content (AvgIpc) is 2.72. The van der Waals surface area contributed by atoms with Gasteiger partial charge in [0.1, 0.15) is 0 Å². The number of nitriles is 1. The van der Waals surface area contributed by atoms with Crippen molar-refractivity contribution in [3.8, 4) is 6.07 Å². The van der Waals surface area contributed by atoms with Gasteiger partial charge in [-0.1, -0.05) is 31.2 Å². The fourth-order valence-electron chi connectivity index (χ4n) is 3.61. The first kappa shape index (κ1) is 20.6. The van der Waals surface area contributed by atoms with Crippen molar-refractivity contribution in [1.82, 2.24) is 10.2 Å². The highest BCUT2D eigenvalue weighted by molar-refractivity contribution is 7.91. The second-order valence-corrected chi connectivity index (χ2v) is 9.45. The van der Waals surface area contributed by atoms with Crippen LogP contribution >= 0.6 is 0 Å². The first-order valence-electron chi connectivity index (χ1n) is 9.11. The lowest BCUT2D eigenvalue weighted by molar-refractivity contribution is -0.131. The lowest BCUT2D eigenvalue weighted by Crippen LogP contribution is -2.62. The third-order valence-corrected chi connectivity index (χ3v) is 7.16. The smallest absolute Gasteiger partial charge is 0.239 e. The molecule has 0 aliphatic carbocycles. The summed E-state index contributed by atoms with van der Waals surface area (Å²) in [5.74, 6) is -1.05. The average molecular weight is 410 g/mol. The van der Waals surface area contributed by atoms with Crippen LogP contribution in [0.4, 0.5) is 0 Å². The third-order valence-electron chi connectivity index (χ3n) is 5.41. The van der Waals surface area contributed by atoms with E-state index in [9.17, 15) is 18.5 Å². The highest BCUT2D eigenvalue weighted by atomic mass is 32.2. The highest BCUT2D eigenvalue weighted by Gasteiger charge is 2.48. The van der Waals surface area contributed by atoms with Gasteiger partial charge in [0, 0.05) is 7.05 Å². The van der Waals surface area contributed by atoms with Crippen LogP contribution in [0.15, 0.2) is 53.4 Å². The summed E-state index contributed by atoms with van der Waals surface area (Å²) in [5, 5.41) is 20.5. The number of likely N-dealkylation sites (N-methyl/N-ethyl adjacent to an activating group) is 1. The van der Waals surface area contributed by atoms with Crippen LogP contribution in [-0.4, -0.2) is 38.0 Å². The number of hydrogen-bond donors (Lipinski definition) is 2. The summed E-state index contributed by atoms with van der Waals surface area (Å²) in [6.45, 7) is 3.39. The molecule has 1 fully saturated rings. The number of sulfone groups is 1. The molecule has 3 rings (SSSR count). The van der Waals surface area contributed by atoms with Gasteiger partial charge in [0.05, 0.1) is 33.7 Å². The lowest BCUT2D eigenvalue weighted by atomic mass is 9.73. The Morgan fingerprint density at radius 2 is 1.90 bits per heavy atom. The maximum Gasteiger partial charge on any atom is 0.239 e. The molecule has 1 saturated heterocycles. The number of carbonyl (C=O) groups excluding carboxylic acids is 1. The molecule has 2 N–H and O–H groups in total. The van der Waals surface area contributed by atoms with E-state index in [1.165, 1.54) is 24.1 Å². The van der Waals surface area contributed by atoms with Crippen molar-refractivity contribution >= 4 is 21.7 Å². The molecule has 2 atom stereocenters. The van der Waals surface area contributed by atoms with Crippen molar-refractivity contribution in [3.63, 3.8) is 0 Å². The molecule has 2 aromatic carbocycles. The molecule has 0 radical (unpaired) electrons. The van der Waals surface area contributed by atoms with Gasteiger partial charge in [-0.05, 0) is 42.3 Å². The van der Waals surface area contributed by atoms with Crippen LogP contribution in [0, 0.1) is 16.7 Å². The van der Waals surface area contributed by atoms with Crippen molar-refractivity contribution in [2.45, 2.75) is 30.2 Å². The molecule has 1 aliphatic heterocycles. The number of rotatable bonds is 4. The van der Waals surface area contributed by atoms with Crippen molar-refractivity contribution in [2.75, 3.05) is 12.8 Å². The van der Waals surface area contributed by atoms with E-state index in [-0.39, 0.29) is 22.5 Å². The number of nitrogens with one attached hydrogen (secondary N) is 2. The fraction of sp³-hybridized carbons (Fsp3) is 0.286. The standard InChI is InChI=1S/C21H22N4O3S/c1-4-29(27,28)17-10-8-15(9-11-17)18-19(26)25(3)20(23)24-21(18,2)16-7-5-6-14(12-16)13-22/h5-12,18H,4H2,1-3H3,(H2,23,24)/t18-,21+/m0/s1. The van der Waals surface area contributed by atoms with Crippen molar-refractivity contribution in [3.05, 3.63) is 65.2 Å². The number of carbonyl (C=O) groups is 1. The van der Waals surface area contributed by atoms with E-state index < -0.39 is 21.3 Å². The molecule has 0 spiro atoms. The summed E-state index contributed by atoms with van der Waals surface area (Å²) in [6, 6.07) is 15.3. The van der Waals surface area contributed by atoms with Gasteiger partial charge in [-0.15, -0.1) is 0 Å². The zero-order chi connectivity index (χ0) is 21.4. The molecule has 0 bridgehead atoms. The van der Waals surface area contributed by atoms with E-state index in [4.69, 9.17) is 5.41 Å². The summed E-state index contributed by atoms with van der Waals surface area (Å²) >= 11 is 0. The summed E-state index contributed by atoms with van der Waals surface area (Å²) in [5.41, 5.74) is 0.782. The van der Waals surface area contributed by atoms with Crippen LogP contribution in [0.3, 0.4) is 0 Å². The number of benzene rings is 2. The molecule has 8 heteroatoms. The molecule has 0 unspecified atom stereocenters. The van der Waals surface area contributed by atoms with Crippen LogP contribution in [0.2, 0.25) is 0 Å². The first-order valence-corrected chi connectivity index (χ1v) is 10.8. The summed E-state index contributed by atoms with van der Waals surface area (Å²) in [7, 11) is -1.83. The molecule has 150 valence electrons. The minimum Gasteiger partial charge on any atom is -0.346 e. The van der Waals surface area contributed by atoms with Gasteiger partial charge >= 0.3 is 0 Å². The topological polar surface area (TPSA) is 114 Å². The van der Waals surface area contributed by atoms with E-state index in [2.05, 4.69) is 11.4 Å². The minimum absolute atomic E-state index is 0.00513. The van der Waals surface area contributed by atoms with Crippen LogP contribution in [-0.2, 0) is 20.2 Å². The van der Waals surface area contributed by atoms with E-state index in [0.717, 1.165) is 0 Å². The number of guanidine groups is 1. The number of hydrogen-bond acceptors (Lipinski definition) is 5. The quantitative estimate of drug-likeness (QED) is 0.803. The molecule has 29 heavy (non-hydrogen) atoms. The van der Waals surface area contributed by atoms with Crippen LogP contribution < -0.4 is 5.32 Å². The van der Waals surface area contributed by atoms with E-state index in [1.807, 2.05) is 13.0 Å². The maximum absolute atomic E-state index is 13.2. The predicted molar refractivity (Wildman–Crippen MR) is 109 cm³/mol. The number of amides is 1. The van der Waals surface area contributed by atoms with E-state index in [0.29, 0.717) is 16.7 Å². The normalized spacial score (nSPS) is 22.1. The van der Waals surface area contributed by atoms with Gasteiger partial charge in [0.2, 0.25) is 5.91 Å². The molecule has 1 aliphatic rings. The van der Waals surface area contributed by atoms with E-state index in [1.54, 1.807) is 37.3 Å². The van der Waals surface area contributed by atoms with Crippen LogP contribution in [0.25, 0.3) is 0 Å². The first-order chi connectivity index (χ1) is 13.6. The van der Waals surface area contributed by atoms with Gasteiger partial charge in [-0.3, -0.25) is 15.1 Å². The molecule has 0 aromatic heterocycles. The highest BCUT2D eigenvalue weighted by Crippen LogP contribution is 2.41. The third kappa shape index (κ3) is 3.49. The molecule has 2 aromatic rings. The second-order valence-electron chi connectivity index (χ2n) is 7.17. The molecule has 0 saturated carbocycles. The monoisotopic (exact) mass is 410 g/mol.